The predicted octanol–water partition coefficient (Wildman–Crippen LogP) is 1.85. The third-order valence-corrected chi connectivity index (χ3v) is 5.05. The van der Waals surface area contributed by atoms with Gasteiger partial charge in [0.05, 0.1) is 11.2 Å². The van der Waals surface area contributed by atoms with E-state index in [4.69, 9.17) is 9.31 Å². The quantitative estimate of drug-likeness (QED) is 0.843. The third kappa shape index (κ3) is 2.87. The SMILES string of the molecule is CC1(C)OB(c2ccnc([C@H]3CCCNC3)c2)OC1(C)C. The molecule has 2 aliphatic rings. The van der Waals surface area contributed by atoms with Crippen LogP contribution in [-0.2, 0) is 9.31 Å². The summed E-state index contributed by atoms with van der Waals surface area (Å²) in [6, 6.07) is 4.15. The van der Waals surface area contributed by atoms with Crippen molar-refractivity contribution in [2.75, 3.05) is 13.1 Å². The minimum absolute atomic E-state index is 0.298. The number of pyridine rings is 1. The third-order valence-electron chi connectivity index (χ3n) is 5.05. The van der Waals surface area contributed by atoms with Crippen LogP contribution in [0.4, 0.5) is 0 Å². The Hall–Kier alpha value is -0.905. The van der Waals surface area contributed by atoms with Gasteiger partial charge in [0.25, 0.3) is 0 Å². The molecule has 0 unspecified atom stereocenters. The largest absolute Gasteiger partial charge is 0.494 e. The summed E-state index contributed by atoms with van der Waals surface area (Å²) in [5, 5.41) is 3.45. The number of hydrogen-bond acceptors (Lipinski definition) is 4. The van der Waals surface area contributed by atoms with E-state index >= 15 is 0 Å². The lowest BCUT2D eigenvalue weighted by molar-refractivity contribution is 0.00578. The Kier molecular flexibility index (Phi) is 3.84. The van der Waals surface area contributed by atoms with E-state index in [1.165, 1.54) is 12.8 Å². The van der Waals surface area contributed by atoms with Gasteiger partial charge in [-0.05, 0) is 64.7 Å². The summed E-state index contributed by atoms with van der Waals surface area (Å²) >= 11 is 0. The first-order chi connectivity index (χ1) is 9.89. The molecule has 0 spiro atoms. The van der Waals surface area contributed by atoms with Crippen molar-refractivity contribution in [3.05, 3.63) is 24.0 Å². The fourth-order valence-corrected chi connectivity index (χ4v) is 2.92. The van der Waals surface area contributed by atoms with Gasteiger partial charge in [0.2, 0.25) is 0 Å². The van der Waals surface area contributed by atoms with Gasteiger partial charge in [0.15, 0.2) is 0 Å². The molecule has 3 rings (SSSR count). The van der Waals surface area contributed by atoms with Crippen LogP contribution in [0.2, 0.25) is 0 Å². The zero-order valence-electron chi connectivity index (χ0n) is 13.5. The molecule has 1 atom stereocenters. The van der Waals surface area contributed by atoms with Crippen molar-refractivity contribution >= 4 is 12.6 Å². The van der Waals surface area contributed by atoms with Gasteiger partial charge in [-0.15, -0.1) is 0 Å². The molecule has 0 aliphatic carbocycles. The number of hydrogen-bond donors (Lipinski definition) is 1. The highest BCUT2D eigenvalue weighted by molar-refractivity contribution is 6.62. The van der Waals surface area contributed by atoms with Crippen LogP contribution in [0.25, 0.3) is 0 Å². The molecule has 2 fully saturated rings. The number of nitrogens with zero attached hydrogens (tertiary/aromatic N) is 1. The van der Waals surface area contributed by atoms with E-state index in [0.29, 0.717) is 5.92 Å². The second kappa shape index (κ2) is 5.38. The van der Waals surface area contributed by atoms with E-state index in [-0.39, 0.29) is 18.3 Å². The summed E-state index contributed by atoms with van der Waals surface area (Å²) in [5.41, 5.74) is 1.62. The first-order valence-electron chi connectivity index (χ1n) is 7.91. The molecule has 1 aromatic heterocycles. The van der Waals surface area contributed by atoms with E-state index in [1.807, 2.05) is 12.3 Å². The lowest BCUT2D eigenvalue weighted by atomic mass is 9.78. The Bertz CT molecular complexity index is 497. The lowest BCUT2D eigenvalue weighted by Gasteiger charge is -2.32. The average molecular weight is 288 g/mol. The lowest BCUT2D eigenvalue weighted by Crippen LogP contribution is -2.41. The van der Waals surface area contributed by atoms with Gasteiger partial charge in [-0.1, -0.05) is 0 Å². The van der Waals surface area contributed by atoms with E-state index in [2.05, 4.69) is 44.1 Å². The summed E-state index contributed by atoms with van der Waals surface area (Å²) in [6.45, 7) is 10.5. The minimum atomic E-state index is -0.298. The summed E-state index contributed by atoms with van der Waals surface area (Å²) in [4.78, 5) is 4.56. The molecule has 0 bridgehead atoms. The van der Waals surface area contributed by atoms with Crippen LogP contribution in [0.5, 0.6) is 0 Å². The molecular weight excluding hydrogens is 263 g/mol. The Morgan fingerprint density at radius 1 is 1.24 bits per heavy atom. The van der Waals surface area contributed by atoms with Gasteiger partial charge in [-0.25, -0.2) is 0 Å². The van der Waals surface area contributed by atoms with Crippen molar-refractivity contribution < 1.29 is 9.31 Å². The Labute approximate surface area is 127 Å². The van der Waals surface area contributed by atoms with Crippen molar-refractivity contribution in [2.24, 2.45) is 0 Å². The molecule has 1 N–H and O–H groups in total. The smallest absolute Gasteiger partial charge is 0.399 e. The van der Waals surface area contributed by atoms with Gasteiger partial charge in [-0.3, -0.25) is 4.98 Å². The molecule has 0 amide bonds. The number of piperidine rings is 1. The first kappa shape index (κ1) is 15.0. The highest BCUT2D eigenvalue weighted by Crippen LogP contribution is 2.36. The standard InChI is InChI=1S/C16H25BN2O2/c1-15(2)16(3,4)21-17(20-15)13-7-9-19-14(10-13)12-6-5-8-18-11-12/h7,9-10,12,18H,5-6,8,11H2,1-4H3/t12-/m0/s1. The monoisotopic (exact) mass is 288 g/mol. The van der Waals surface area contributed by atoms with Crippen LogP contribution in [0.3, 0.4) is 0 Å². The molecular formula is C16H25BN2O2. The molecule has 0 saturated carbocycles. The average Bonchev–Trinajstić information content (AvgIpc) is 2.69. The van der Waals surface area contributed by atoms with Crippen molar-refractivity contribution in [1.29, 1.82) is 0 Å². The van der Waals surface area contributed by atoms with Crippen molar-refractivity contribution in [1.82, 2.24) is 10.3 Å². The fourth-order valence-electron chi connectivity index (χ4n) is 2.92. The number of nitrogens with one attached hydrogen (secondary N) is 1. The van der Waals surface area contributed by atoms with Crippen LogP contribution >= 0.6 is 0 Å². The maximum Gasteiger partial charge on any atom is 0.494 e. The molecule has 114 valence electrons. The Balaban J connectivity index is 1.81. The second-order valence-corrected chi connectivity index (χ2v) is 7.15. The van der Waals surface area contributed by atoms with Crippen LogP contribution in [0.15, 0.2) is 18.3 Å². The summed E-state index contributed by atoms with van der Waals surface area (Å²) in [6.07, 6.45) is 4.30. The van der Waals surface area contributed by atoms with Crippen molar-refractivity contribution in [3.63, 3.8) is 0 Å². The van der Waals surface area contributed by atoms with E-state index in [1.54, 1.807) is 0 Å². The Morgan fingerprint density at radius 2 is 1.95 bits per heavy atom. The number of aromatic nitrogens is 1. The molecule has 3 heterocycles. The summed E-state index contributed by atoms with van der Waals surface area (Å²) < 4.78 is 12.3. The zero-order valence-corrected chi connectivity index (χ0v) is 13.5. The molecule has 2 aliphatic heterocycles. The van der Waals surface area contributed by atoms with Gasteiger partial charge in [-0.2, -0.15) is 0 Å². The zero-order chi connectivity index (χ0) is 15.1. The van der Waals surface area contributed by atoms with E-state index < -0.39 is 0 Å². The van der Waals surface area contributed by atoms with Crippen LogP contribution < -0.4 is 10.8 Å². The highest BCUT2D eigenvalue weighted by atomic mass is 16.7. The van der Waals surface area contributed by atoms with Crippen molar-refractivity contribution in [3.8, 4) is 0 Å². The molecule has 1 aromatic rings. The topological polar surface area (TPSA) is 43.4 Å². The van der Waals surface area contributed by atoms with Gasteiger partial charge in [0.1, 0.15) is 0 Å². The molecule has 0 radical (unpaired) electrons. The van der Waals surface area contributed by atoms with Crippen LogP contribution in [0, 0.1) is 0 Å². The van der Waals surface area contributed by atoms with Gasteiger partial charge in [0, 0.05) is 24.4 Å². The molecule has 0 aromatic carbocycles. The van der Waals surface area contributed by atoms with E-state index in [9.17, 15) is 0 Å². The van der Waals surface area contributed by atoms with Gasteiger partial charge < -0.3 is 14.6 Å². The molecule has 4 nitrogen and oxygen atoms in total. The normalized spacial score (nSPS) is 27.8. The minimum Gasteiger partial charge on any atom is -0.399 e. The summed E-state index contributed by atoms with van der Waals surface area (Å²) in [7, 11) is -0.298. The van der Waals surface area contributed by atoms with Crippen LogP contribution in [-0.4, -0.2) is 36.4 Å². The summed E-state index contributed by atoms with van der Waals surface area (Å²) in [5.74, 6) is 0.501. The molecule has 2 saturated heterocycles. The fraction of sp³-hybridized carbons (Fsp3) is 0.688. The molecule has 21 heavy (non-hydrogen) atoms. The van der Waals surface area contributed by atoms with Gasteiger partial charge >= 0.3 is 7.12 Å². The predicted molar refractivity (Wildman–Crippen MR) is 84.8 cm³/mol. The van der Waals surface area contributed by atoms with Crippen molar-refractivity contribution in [2.45, 2.75) is 57.7 Å². The molecule has 5 heteroatoms. The van der Waals surface area contributed by atoms with Crippen LogP contribution in [0.1, 0.15) is 52.1 Å². The highest BCUT2D eigenvalue weighted by Gasteiger charge is 2.51. The first-order valence-corrected chi connectivity index (χ1v) is 7.91. The number of rotatable bonds is 2. The Morgan fingerprint density at radius 3 is 2.57 bits per heavy atom. The van der Waals surface area contributed by atoms with E-state index in [0.717, 1.165) is 24.2 Å². The maximum atomic E-state index is 6.13. The maximum absolute atomic E-state index is 6.13. The second-order valence-electron chi connectivity index (χ2n) is 7.15.